The standard InChI is InChI=1S/C14H13ClN4O2/c1-2-16-10-3-5-11(6-4-10)17-18-14-8-7-12(19(20)21)9-13(14)15/h3-9,16H,2H2,1H3/b18-17+. The number of anilines is 1. The van der Waals surface area contributed by atoms with Crippen LogP contribution in [0.1, 0.15) is 6.92 Å². The number of rotatable bonds is 5. The van der Waals surface area contributed by atoms with Gasteiger partial charge >= 0.3 is 0 Å². The Balaban J connectivity index is 2.15. The van der Waals surface area contributed by atoms with E-state index in [0.29, 0.717) is 11.4 Å². The van der Waals surface area contributed by atoms with E-state index in [1.54, 1.807) is 0 Å². The Labute approximate surface area is 126 Å². The van der Waals surface area contributed by atoms with Crippen molar-refractivity contribution in [3.8, 4) is 0 Å². The number of nitrogens with zero attached hydrogens (tertiary/aromatic N) is 3. The van der Waals surface area contributed by atoms with Gasteiger partial charge in [0.2, 0.25) is 0 Å². The summed E-state index contributed by atoms with van der Waals surface area (Å²) in [5, 5.41) is 22.0. The lowest BCUT2D eigenvalue weighted by atomic mass is 10.3. The van der Waals surface area contributed by atoms with Crippen LogP contribution in [0.15, 0.2) is 52.7 Å². The first kappa shape index (κ1) is 14.9. The Bertz CT molecular complexity index is 671. The molecule has 7 heteroatoms. The predicted molar refractivity (Wildman–Crippen MR) is 82.9 cm³/mol. The van der Waals surface area contributed by atoms with Gasteiger partial charge in [-0.15, -0.1) is 5.11 Å². The van der Waals surface area contributed by atoms with Crippen LogP contribution in [0.3, 0.4) is 0 Å². The molecule has 0 aliphatic rings. The summed E-state index contributed by atoms with van der Waals surface area (Å²) in [5.74, 6) is 0. The minimum absolute atomic E-state index is 0.0751. The van der Waals surface area contributed by atoms with E-state index in [1.165, 1.54) is 18.2 Å². The average molecular weight is 305 g/mol. The van der Waals surface area contributed by atoms with Crippen LogP contribution in [0, 0.1) is 10.1 Å². The number of hydrogen-bond acceptors (Lipinski definition) is 5. The van der Waals surface area contributed by atoms with E-state index >= 15 is 0 Å². The second-order valence-corrected chi connectivity index (χ2v) is 4.58. The smallest absolute Gasteiger partial charge is 0.271 e. The first-order valence-electron chi connectivity index (χ1n) is 6.30. The number of nitro benzene ring substituents is 1. The molecule has 108 valence electrons. The van der Waals surface area contributed by atoms with Crippen LogP contribution >= 0.6 is 11.6 Å². The van der Waals surface area contributed by atoms with Gasteiger partial charge in [-0.05, 0) is 37.3 Å². The van der Waals surface area contributed by atoms with Gasteiger partial charge in [-0.2, -0.15) is 5.11 Å². The van der Waals surface area contributed by atoms with E-state index in [4.69, 9.17) is 11.6 Å². The molecule has 0 radical (unpaired) electrons. The third kappa shape index (κ3) is 4.00. The second kappa shape index (κ2) is 6.81. The summed E-state index contributed by atoms with van der Waals surface area (Å²) >= 11 is 5.94. The van der Waals surface area contributed by atoms with E-state index in [9.17, 15) is 10.1 Å². The molecule has 2 aromatic carbocycles. The van der Waals surface area contributed by atoms with E-state index < -0.39 is 4.92 Å². The maximum Gasteiger partial charge on any atom is 0.271 e. The number of halogens is 1. The lowest BCUT2D eigenvalue weighted by Crippen LogP contribution is -1.94. The summed E-state index contributed by atoms with van der Waals surface area (Å²) < 4.78 is 0. The highest BCUT2D eigenvalue weighted by Crippen LogP contribution is 2.30. The third-order valence-electron chi connectivity index (χ3n) is 2.66. The van der Waals surface area contributed by atoms with Crippen LogP contribution in [-0.4, -0.2) is 11.5 Å². The highest BCUT2D eigenvalue weighted by molar-refractivity contribution is 6.33. The fourth-order valence-electron chi connectivity index (χ4n) is 1.65. The molecule has 0 amide bonds. The number of nitro groups is 1. The van der Waals surface area contributed by atoms with Gasteiger partial charge in [0.05, 0.1) is 15.6 Å². The van der Waals surface area contributed by atoms with Crippen LogP contribution in [0.4, 0.5) is 22.7 Å². The van der Waals surface area contributed by atoms with Gasteiger partial charge in [-0.1, -0.05) is 11.6 Å². The zero-order valence-electron chi connectivity index (χ0n) is 11.3. The van der Waals surface area contributed by atoms with Crippen molar-refractivity contribution in [2.24, 2.45) is 10.2 Å². The molecule has 0 saturated carbocycles. The molecule has 21 heavy (non-hydrogen) atoms. The first-order chi connectivity index (χ1) is 10.1. The lowest BCUT2D eigenvalue weighted by molar-refractivity contribution is -0.384. The topological polar surface area (TPSA) is 79.9 Å². The Morgan fingerprint density at radius 2 is 1.90 bits per heavy atom. The molecule has 2 aromatic rings. The van der Waals surface area contributed by atoms with Crippen LogP contribution < -0.4 is 5.32 Å². The van der Waals surface area contributed by atoms with Crippen LogP contribution in [0.5, 0.6) is 0 Å². The van der Waals surface area contributed by atoms with Crippen molar-refractivity contribution in [1.82, 2.24) is 0 Å². The number of non-ortho nitro benzene ring substituents is 1. The largest absolute Gasteiger partial charge is 0.385 e. The molecule has 2 rings (SSSR count). The van der Waals surface area contributed by atoms with Gasteiger partial charge in [0, 0.05) is 24.4 Å². The van der Waals surface area contributed by atoms with Crippen molar-refractivity contribution in [2.75, 3.05) is 11.9 Å². The Hall–Kier alpha value is -2.47. The maximum absolute atomic E-state index is 10.6. The molecule has 0 aliphatic heterocycles. The Morgan fingerprint density at radius 1 is 1.19 bits per heavy atom. The molecule has 0 spiro atoms. The third-order valence-corrected chi connectivity index (χ3v) is 2.97. The molecule has 0 atom stereocenters. The minimum Gasteiger partial charge on any atom is -0.385 e. The average Bonchev–Trinajstić information content (AvgIpc) is 2.47. The molecule has 0 bridgehead atoms. The van der Waals surface area contributed by atoms with Crippen molar-refractivity contribution in [1.29, 1.82) is 0 Å². The maximum atomic E-state index is 10.6. The van der Waals surface area contributed by atoms with Crippen molar-refractivity contribution in [2.45, 2.75) is 6.92 Å². The summed E-state index contributed by atoms with van der Waals surface area (Å²) in [5.41, 5.74) is 1.99. The Morgan fingerprint density at radius 3 is 2.48 bits per heavy atom. The van der Waals surface area contributed by atoms with Crippen LogP contribution in [-0.2, 0) is 0 Å². The van der Waals surface area contributed by atoms with E-state index in [1.807, 2.05) is 31.2 Å². The van der Waals surface area contributed by atoms with Crippen molar-refractivity contribution >= 4 is 34.4 Å². The molecule has 1 N–H and O–H groups in total. The molecular weight excluding hydrogens is 292 g/mol. The predicted octanol–water partition coefficient (Wildman–Crippen LogP) is 5.10. The Kier molecular flexibility index (Phi) is 4.84. The van der Waals surface area contributed by atoms with E-state index in [2.05, 4.69) is 15.5 Å². The number of benzene rings is 2. The highest BCUT2D eigenvalue weighted by atomic mass is 35.5. The number of hydrogen-bond donors (Lipinski definition) is 1. The summed E-state index contributed by atoms with van der Waals surface area (Å²) in [6, 6.07) is 11.5. The summed E-state index contributed by atoms with van der Waals surface area (Å²) in [6.45, 7) is 2.86. The summed E-state index contributed by atoms with van der Waals surface area (Å²) in [6.07, 6.45) is 0. The van der Waals surface area contributed by atoms with Gasteiger partial charge in [0.15, 0.2) is 0 Å². The first-order valence-corrected chi connectivity index (χ1v) is 6.67. The molecule has 0 unspecified atom stereocenters. The molecule has 0 fully saturated rings. The van der Waals surface area contributed by atoms with Crippen molar-refractivity contribution < 1.29 is 4.92 Å². The molecule has 0 heterocycles. The summed E-state index contributed by atoms with van der Waals surface area (Å²) in [4.78, 5) is 10.1. The molecule has 6 nitrogen and oxygen atoms in total. The molecule has 0 aromatic heterocycles. The number of nitrogens with one attached hydrogen (secondary N) is 1. The monoisotopic (exact) mass is 304 g/mol. The molecule has 0 saturated heterocycles. The SMILES string of the molecule is CCNc1ccc(/N=N/c2ccc([N+](=O)[O-])cc2Cl)cc1. The molecule has 0 aliphatic carbocycles. The summed E-state index contributed by atoms with van der Waals surface area (Å²) in [7, 11) is 0. The van der Waals surface area contributed by atoms with Crippen molar-refractivity contribution in [3.05, 3.63) is 57.6 Å². The fourth-order valence-corrected chi connectivity index (χ4v) is 1.86. The van der Waals surface area contributed by atoms with Crippen LogP contribution in [0.25, 0.3) is 0 Å². The normalized spacial score (nSPS) is 10.8. The van der Waals surface area contributed by atoms with Gasteiger partial charge < -0.3 is 5.32 Å². The zero-order chi connectivity index (χ0) is 15.2. The second-order valence-electron chi connectivity index (χ2n) is 4.17. The van der Waals surface area contributed by atoms with Gasteiger partial charge in [-0.25, -0.2) is 0 Å². The fraction of sp³-hybridized carbons (Fsp3) is 0.143. The molecular formula is C14H13ClN4O2. The van der Waals surface area contributed by atoms with Gasteiger partial charge in [-0.3, -0.25) is 10.1 Å². The zero-order valence-corrected chi connectivity index (χ0v) is 12.0. The van der Waals surface area contributed by atoms with Gasteiger partial charge in [0.1, 0.15) is 5.69 Å². The van der Waals surface area contributed by atoms with Gasteiger partial charge in [0.25, 0.3) is 5.69 Å². The van der Waals surface area contributed by atoms with E-state index in [0.717, 1.165) is 12.2 Å². The van der Waals surface area contributed by atoms with Crippen LogP contribution in [0.2, 0.25) is 5.02 Å². The van der Waals surface area contributed by atoms with E-state index in [-0.39, 0.29) is 10.7 Å². The minimum atomic E-state index is -0.508. The number of azo groups is 1. The quantitative estimate of drug-likeness (QED) is 0.474. The lowest BCUT2D eigenvalue weighted by Gasteiger charge is -2.02. The van der Waals surface area contributed by atoms with Crippen molar-refractivity contribution in [3.63, 3.8) is 0 Å². The highest BCUT2D eigenvalue weighted by Gasteiger charge is 2.08.